The number of anilines is 1. The summed E-state index contributed by atoms with van der Waals surface area (Å²) < 4.78 is 0. The van der Waals surface area contributed by atoms with Crippen molar-refractivity contribution in [1.82, 2.24) is 9.80 Å². The van der Waals surface area contributed by atoms with Gasteiger partial charge in [-0.05, 0) is 46.5 Å². The number of benzene rings is 2. The van der Waals surface area contributed by atoms with E-state index in [0.717, 1.165) is 18.4 Å². The Hall–Kier alpha value is -3.45. The molecule has 2 aliphatic rings. The van der Waals surface area contributed by atoms with Gasteiger partial charge in [0.1, 0.15) is 5.76 Å². The van der Waals surface area contributed by atoms with Crippen molar-refractivity contribution in [3.05, 3.63) is 70.8 Å². The van der Waals surface area contributed by atoms with E-state index in [1.807, 2.05) is 63.2 Å². The van der Waals surface area contributed by atoms with Gasteiger partial charge in [-0.1, -0.05) is 61.4 Å². The van der Waals surface area contributed by atoms with Crippen LogP contribution in [0.5, 0.6) is 0 Å². The molecule has 1 atom stereocenters. The summed E-state index contributed by atoms with van der Waals surface area (Å²) in [7, 11) is 3.87. The predicted molar refractivity (Wildman–Crippen MR) is 136 cm³/mol. The first kappa shape index (κ1) is 24.7. The molecular weight excluding hydrogens is 442 g/mol. The van der Waals surface area contributed by atoms with Crippen LogP contribution in [-0.4, -0.2) is 66.2 Å². The number of ketones is 1. The second-order valence-corrected chi connectivity index (χ2v) is 9.57. The van der Waals surface area contributed by atoms with Crippen molar-refractivity contribution < 1.29 is 19.5 Å². The lowest BCUT2D eigenvalue weighted by atomic mass is 9.81. The lowest BCUT2D eigenvalue weighted by molar-refractivity contribution is -0.143. The molecule has 0 unspecified atom stereocenters. The minimum absolute atomic E-state index is 0.146. The fraction of sp³-hybridized carbons (Fsp3) is 0.393. The van der Waals surface area contributed by atoms with Gasteiger partial charge in [0.05, 0.1) is 11.3 Å². The van der Waals surface area contributed by atoms with Crippen LogP contribution in [0.1, 0.15) is 42.9 Å². The molecule has 2 amide bonds. The Morgan fingerprint density at radius 3 is 2.31 bits per heavy atom. The van der Waals surface area contributed by atoms with Crippen LogP contribution in [0.25, 0.3) is 5.76 Å². The number of aliphatic hydroxyl groups excluding tert-OH is 1. The molecule has 184 valence electrons. The molecule has 0 aliphatic carbocycles. The lowest BCUT2D eigenvalue weighted by Gasteiger charge is -2.34. The summed E-state index contributed by atoms with van der Waals surface area (Å²) in [5.41, 5.74) is 0.818. The van der Waals surface area contributed by atoms with Gasteiger partial charge in [0, 0.05) is 24.2 Å². The number of hydrogen-bond donors (Lipinski definition) is 1. The smallest absolute Gasteiger partial charge is 0.296 e. The fourth-order valence-electron chi connectivity index (χ4n) is 5.11. The highest BCUT2D eigenvalue weighted by molar-refractivity contribution is 6.50. The topological polar surface area (TPSA) is 81.2 Å². The maximum atomic E-state index is 14.3. The van der Waals surface area contributed by atoms with Crippen molar-refractivity contribution in [2.75, 3.05) is 38.6 Å². The summed E-state index contributed by atoms with van der Waals surface area (Å²) in [4.78, 5) is 46.4. The van der Waals surface area contributed by atoms with Gasteiger partial charge in [-0.3, -0.25) is 14.4 Å². The Kier molecular flexibility index (Phi) is 6.81. The van der Waals surface area contributed by atoms with Gasteiger partial charge in [-0.2, -0.15) is 0 Å². The molecule has 0 aromatic heterocycles. The molecule has 0 bridgehead atoms. The minimum Gasteiger partial charge on any atom is -0.507 e. The normalized spacial score (nSPS) is 21.0. The number of nitrogens with zero attached hydrogens (tertiary/aromatic N) is 3. The van der Waals surface area contributed by atoms with Gasteiger partial charge < -0.3 is 19.8 Å². The Morgan fingerprint density at radius 2 is 1.66 bits per heavy atom. The van der Waals surface area contributed by atoms with E-state index in [1.54, 1.807) is 23.1 Å². The van der Waals surface area contributed by atoms with Crippen molar-refractivity contribution in [3.63, 3.8) is 0 Å². The lowest BCUT2D eigenvalue weighted by Crippen LogP contribution is -2.52. The molecule has 0 saturated carbocycles. The van der Waals surface area contributed by atoms with Crippen molar-refractivity contribution >= 4 is 29.0 Å². The first-order valence-corrected chi connectivity index (χ1v) is 12.2. The van der Waals surface area contributed by atoms with E-state index >= 15 is 0 Å². The van der Waals surface area contributed by atoms with Crippen molar-refractivity contribution in [2.45, 2.75) is 38.6 Å². The third-order valence-electron chi connectivity index (χ3n) is 6.86. The van der Waals surface area contributed by atoms with Gasteiger partial charge in [0.25, 0.3) is 17.6 Å². The van der Waals surface area contributed by atoms with Crippen LogP contribution in [0.4, 0.5) is 5.69 Å². The average Bonchev–Trinajstić information content (AvgIpc) is 3.21. The molecule has 1 fully saturated rings. The highest BCUT2D eigenvalue weighted by Crippen LogP contribution is 2.53. The number of likely N-dealkylation sites (tertiary alicyclic amines) is 1. The summed E-state index contributed by atoms with van der Waals surface area (Å²) in [6, 6.07) is 14.4. The first-order valence-electron chi connectivity index (χ1n) is 12.2. The van der Waals surface area contributed by atoms with Crippen LogP contribution < -0.4 is 4.90 Å². The average molecular weight is 476 g/mol. The molecule has 1 spiro atoms. The number of Topliss-reactive ketones (excluding diaryl/α,β-unsaturated/α-hetero) is 1. The number of aryl methyl sites for hydroxylation is 1. The van der Waals surface area contributed by atoms with Crippen LogP contribution >= 0.6 is 0 Å². The summed E-state index contributed by atoms with van der Waals surface area (Å²) in [5.74, 6) is -2.25. The van der Waals surface area contributed by atoms with E-state index in [0.29, 0.717) is 36.3 Å². The maximum Gasteiger partial charge on any atom is 0.296 e. The second kappa shape index (κ2) is 9.66. The van der Waals surface area contributed by atoms with Gasteiger partial charge in [-0.15, -0.1) is 0 Å². The van der Waals surface area contributed by atoms with Crippen LogP contribution in [0, 0.1) is 6.92 Å². The summed E-state index contributed by atoms with van der Waals surface area (Å²) in [6.45, 7) is 5.35. The summed E-state index contributed by atoms with van der Waals surface area (Å²) in [6.07, 6.45) is 2.25. The first-order chi connectivity index (χ1) is 16.7. The van der Waals surface area contributed by atoms with E-state index in [2.05, 4.69) is 0 Å². The van der Waals surface area contributed by atoms with Crippen LogP contribution in [0.3, 0.4) is 0 Å². The Balaban J connectivity index is 1.97. The third-order valence-corrected chi connectivity index (χ3v) is 6.86. The van der Waals surface area contributed by atoms with Crippen LogP contribution in [-0.2, 0) is 19.9 Å². The van der Waals surface area contributed by atoms with E-state index in [9.17, 15) is 19.5 Å². The maximum absolute atomic E-state index is 14.3. The van der Waals surface area contributed by atoms with E-state index < -0.39 is 17.2 Å². The third kappa shape index (κ3) is 3.93. The van der Waals surface area contributed by atoms with Crippen molar-refractivity contribution in [2.24, 2.45) is 0 Å². The Labute approximate surface area is 206 Å². The molecule has 2 aliphatic heterocycles. The molecule has 2 aromatic rings. The molecule has 4 rings (SSSR count). The highest BCUT2D eigenvalue weighted by atomic mass is 16.3. The molecule has 7 nitrogen and oxygen atoms in total. The molecule has 2 heterocycles. The van der Waals surface area contributed by atoms with Crippen molar-refractivity contribution in [1.29, 1.82) is 0 Å². The molecule has 35 heavy (non-hydrogen) atoms. The highest BCUT2D eigenvalue weighted by Gasteiger charge is 2.66. The number of amides is 2. The number of para-hydroxylation sites is 1. The number of carbonyl (C=O) groups is 3. The van der Waals surface area contributed by atoms with Gasteiger partial charge >= 0.3 is 0 Å². The number of rotatable bonds is 8. The Morgan fingerprint density at radius 1 is 0.971 bits per heavy atom. The number of hydrogen-bond acceptors (Lipinski definition) is 5. The number of fused-ring (bicyclic) bond motifs is 2. The van der Waals surface area contributed by atoms with Crippen molar-refractivity contribution in [3.8, 4) is 0 Å². The standard InChI is InChI=1S/C28H33N3O4/c1-5-6-17-30-22-11-8-7-10-21(22)28(27(30)35)23(24(32)20-14-12-19(2)13-15-20)25(33)26(34)31(28)18-9-16-29(3)4/h7-8,10-15,32H,5-6,9,16-18H2,1-4H3/t28-/m1/s1. The number of carbonyl (C=O) groups excluding carboxylic acids is 3. The fourth-order valence-corrected chi connectivity index (χ4v) is 5.11. The van der Waals surface area contributed by atoms with Gasteiger partial charge in [0.2, 0.25) is 0 Å². The summed E-state index contributed by atoms with van der Waals surface area (Å²) in [5, 5.41) is 11.5. The zero-order valence-corrected chi connectivity index (χ0v) is 20.9. The number of aliphatic hydroxyl groups is 1. The molecular formula is C28H33N3O4. The quantitative estimate of drug-likeness (QED) is 0.358. The largest absolute Gasteiger partial charge is 0.507 e. The zero-order chi connectivity index (χ0) is 25.3. The predicted octanol–water partition coefficient (Wildman–Crippen LogP) is 3.67. The molecule has 0 radical (unpaired) electrons. The molecule has 1 saturated heterocycles. The van der Waals surface area contributed by atoms with E-state index in [4.69, 9.17) is 0 Å². The van der Waals surface area contributed by atoms with Gasteiger partial charge in [-0.25, -0.2) is 0 Å². The second-order valence-electron chi connectivity index (χ2n) is 9.57. The number of unbranched alkanes of at least 4 members (excludes halogenated alkanes) is 1. The van der Waals surface area contributed by atoms with Crippen LogP contribution in [0.2, 0.25) is 0 Å². The van der Waals surface area contributed by atoms with Crippen LogP contribution in [0.15, 0.2) is 54.1 Å². The summed E-state index contributed by atoms with van der Waals surface area (Å²) >= 11 is 0. The van der Waals surface area contributed by atoms with E-state index in [-0.39, 0.29) is 23.8 Å². The SMILES string of the molecule is CCCCN1C(=O)[C@]2(C(=C(O)c3ccc(C)cc3)C(=O)C(=O)N2CCCN(C)C)c2ccccc21. The molecule has 2 aromatic carbocycles. The molecule has 1 N–H and O–H groups in total. The van der Waals surface area contributed by atoms with E-state index in [1.165, 1.54) is 4.90 Å². The monoisotopic (exact) mass is 475 g/mol. The zero-order valence-electron chi connectivity index (χ0n) is 20.9. The Bertz CT molecular complexity index is 1180. The molecule has 7 heteroatoms. The minimum atomic E-state index is -1.68. The van der Waals surface area contributed by atoms with Gasteiger partial charge in [0.15, 0.2) is 5.54 Å².